The Bertz CT molecular complexity index is 645. The summed E-state index contributed by atoms with van der Waals surface area (Å²) in [7, 11) is 3.03. The lowest BCUT2D eigenvalue weighted by Gasteiger charge is -2.22. The minimum Gasteiger partial charge on any atom is -0.410 e. The number of benzene rings is 2. The first-order valence-corrected chi connectivity index (χ1v) is 6.89. The molecular formula is C17H19BO2. The molecule has 0 aliphatic heterocycles. The Balaban J connectivity index is 2.17. The number of rotatable bonds is 3. The molecule has 0 aromatic heterocycles. The topological polar surface area (TPSA) is 18.5 Å². The highest BCUT2D eigenvalue weighted by atomic mass is 16.6. The van der Waals surface area contributed by atoms with Gasteiger partial charge in [0.25, 0.3) is 0 Å². The Morgan fingerprint density at radius 2 is 1.50 bits per heavy atom. The Labute approximate surface area is 120 Å². The van der Waals surface area contributed by atoms with Crippen molar-refractivity contribution in [1.29, 1.82) is 0 Å². The summed E-state index contributed by atoms with van der Waals surface area (Å²) < 4.78 is 10.7. The fourth-order valence-corrected chi connectivity index (χ4v) is 3.24. The second-order valence-electron chi connectivity index (χ2n) is 5.78. The average molecular weight is 266 g/mol. The van der Waals surface area contributed by atoms with Crippen molar-refractivity contribution in [2.45, 2.75) is 19.3 Å². The van der Waals surface area contributed by atoms with Gasteiger partial charge in [-0.1, -0.05) is 56.3 Å². The standard InChI is InChI=1S/C17H19BO2/c1-17(2)15-8-6-5-7-13(15)14-10-9-12(11-16(14)17)18(19-3)20-4/h5-11H,1-4H3. The van der Waals surface area contributed by atoms with Crippen LogP contribution >= 0.6 is 0 Å². The minimum absolute atomic E-state index is 0.0218. The summed E-state index contributed by atoms with van der Waals surface area (Å²) in [6.45, 7) is 4.55. The molecule has 3 heteroatoms. The van der Waals surface area contributed by atoms with Gasteiger partial charge in [0.1, 0.15) is 0 Å². The summed E-state index contributed by atoms with van der Waals surface area (Å²) in [5, 5.41) is 0. The van der Waals surface area contributed by atoms with Gasteiger partial charge >= 0.3 is 7.12 Å². The van der Waals surface area contributed by atoms with Crippen molar-refractivity contribution in [3.63, 3.8) is 0 Å². The lowest BCUT2D eigenvalue weighted by Crippen LogP contribution is -2.35. The van der Waals surface area contributed by atoms with Crippen molar-refractivity contribution in [2.75, 3.05) is 14.2 Å². The van der Waals surface area contributed by atoms with Crippen molar-refractivity contribution in [2.24, 2.45) is 0 Å². The van der Waals surface area contributed by atoms with Crippen LogP contribution in [0.3, 0.4) is 0 Å². The third-order valence-electron chi connectivity index (χ3n) is 4.31. The smallest absolute Gasteiger partial charge is 0.410 e. The highest BCUT2D eigenvalue weighted by molar-refractivity contribution is 6.61. The Morgan fingerprint density at radius 3 is 2.20 bits per heavy atom. The van der Waals surface area contributed by atoms with Crippen LogP contribution in [0.4, 0.5) is 0 Å². The molecule has 0 amide bonds. The van der Waals surface area contributed by atoms with E-state index >= 15 is 0 Å². The van der Waals surface area contributed by atoms with Crippen LogP contribution in [0.2, 0.25) is 0 Å². The van der Waals surface area contributed by atoms with Crippen LogP contribution in [-0.2, 0) is 14.7 Å². The lowest BCUT2D eigenvalue weighted by atomic mass is 9.74. The quantitative estimate of drug-likeness (QED) is 0.795. The van der Waals surface area contributed by atoms with Gasteiger partial charge in [-0.15, -0.1) is 0 Å². The van der Waals surface area contributed by atoms with Crippen LogP contribution < -0.4 is 5.46 Å². The Hall–Kier alpha value is -1.58. The van der Waals surface area contributed by atoms with Gasteiger partial charge in [0.15, 0.2) is 0 Å². The molecule has 2 aromatic carbocycles. The van der Waals surface area contributed by atoms with Crippen LogP contribution in [0.25, 0.3) is 11.1 Å². The molecule has 0 radical (unpaired) electrons. The van der Waals surface area contributed by atoms with E-state index in [1.54, 1.807) is 14.2 Å². The molecule has 0 fully saturated rings. The van der Waals surface area contributed by atoms with Gasteiger partial charge in [-0.2, -0.15) is 0 Å². The zero-order valence-electron chi connectivity index (χ0n) is 12.4. The molecule has 102 valence electrons. The second-order valence-corrected chi connectivity index (χ2v) is 5.78. The molecule has 1 aliphatic carbocycles. The van der Waals surface area contributed by atoms with Crippen LogP contribution in [0.15, 0.2) is 42.5 Å². The third kappa shape index (κ3) is 1.81. The van der Waals surface area contributed by atoms with E-state index in [4.69, 9.17) is 9.31 Å². The van der Waals surface area contributed by atoms with Gasteiger partial charge in [-0.3, -0.25) is 0 Å². The van der Waals surface area contributed by atoms with Gasteiger partial charge in [0.05, 0.1) is 0 Å². The predicted molar refractivity (Wildman–Crippen MR) is 83.4 cm³/mol. The van der Waals surface area contributed by atoms with Crippen molar-refractivity contribution >= 4 is 12.6 Å². The predicted octanol–water partition coefficient (Wildman–Crippen LogP) is 2.98. The van der Waals surface area contributed by atoms with Crippen molar-refractivity contribution in [3.8, 4) is 11.1 Å². The van der Waals surface area contributed by atoms with Gasteiger partial charge in [0.2, 0.25) is 0 Å². The van der Waals surface area contributed by atoms with Gasteiger partial charge in [-0.05, 0) is 27.7 Å². The molecule has 0 spiro atoms. The third-order valence-corrected chi connectivity index (χ3v) is 4.31. The largest absolute Gasteiger partial charge is 0.493 e. The normalized spacial score (nSPS) is 14.8. The fourth-order valence-electron chi connectivity index (χ4n) is 3.24. The molecule has 2 aromatic rings. The first kappa shape index (κ1) is 13.4. The van der Waals surface area contributed by atoms with E-state index in [2.05, 4.69) is 56.3 Å². The molecule has 0 saturated heterocycles. The monoisotopic (exact) mass is 266 g/mol. The number of hydrogen-bond acceptors (Lipinski definition) is 2. The van der Waals surface area contributed by atoms with Crippen molar-refractivity contribution in [1.82, 2.24) is 0 Å². The number of fused-ring (bicyclic) bond motifs is 3. The molecule has 0 unspecified atom stereocenters. The van der Waals surface area contributed by atoms with E-state index in [1.165, 1.54) is 22.3 Å². The summed E-state index contributed by atoms with van der Waals surface area (Å²) in [4.78, 5) is 0. The molecule has 0 N–H and O–H groups in total. The van der Waals surface area contributed by atoms with E-state index in [-0.39, 0.29) is 12.5 Å². The van der Waals surface area contributed by atoms with Crippen LogP contribution in [0.5, 0.6) is 0 Å². The zero-order valence-corrected chi connectivity index (χ0v) is 12.4. The summed E-state index contributed by atoms with van der Waals surface area (Å²) >= 11 is 0. The summed E-state index contributed by atoms with van der Waals surface area (Å²) in [6, 6.07) is 15.1. The fraction of sp³-hybridized carbons (Fsp3) is 0.294. The van der Waals surface area contributed by atoms with Crippen LogP contribution in [0, 0.1) is 0 Å². The zero-order chi connectivity index (χ0) is 14.3. The molecule has 0 saturated carbocycles. The average Bonchev–Trinajstić information content (AvgIpc) is 2.70. The van der Waals surface area contributed by atoms with E-state index in [0.717, 1.165) is 5.46 Å². The van der Waals surface area contributed by atoms with E-state index < -0.39 is 0 Å². The summed E-state index contributed by atoms with van der Waals surface area (Å²) in [5.74, 6) is 0. The van der Waals surface area contributed by atoms with Gasteiger partial charge in [-0.25, -0.2) is 0 Å². The molecule has 3 rings (SSSR count). The molecule has 0 heterocycles. The van der Waals surface area contributed by atoms with Crippen molar-refractivity contribution < 1.29 is 9.31 Å². The second kappa shape index (κ2) is 4.76. The summed E-state index contributed by atoms with van der Waals surface area (Å²) in [6.07, 6.45) is 0. The summed E-state index contributed by atoms with van der Waals surface area (Å²) in [5.41, 5.74) is 6.47. The van der Waals surface area contributed by atoms with Gasteiger partial charge in [0, 0.05) is 19.6 Å². The highest BCUT2D eigenvalue weighted by Gasteiger charge is 2.36. The molecular weight excluding hydrogens is 247 g/mol. The Kier molecular flexibility index (Phi) is 3.19. The first-order chi connectivity index (χ1) is 9.59. The lowest BCUT2D eigenvalue weighted by molar-refractivity contribution is 0.292. The first-order valence-electron chi connectivity index (χ1n) is 6.89. The van der Waals surface area contributed by atoms with E-state index in [0.29, 0.717) is 0 Å². The minimum atomic E-state index is -0.306. The maximum absolute atomic E-state index is 5.37. The maximum atomic E-state index is 5.37. The SMILES string of the molecule is COB(OC)c1ccc2c(c1)C(C)(C)c1ccccc1-2. The molecule has 1 aliphatic rings. The molecule has 20 heavy (non-hydrogen) atoms. The van der Waals surface area contributed by atoms with E-state index in [9.17, 15) is 0 Å². The maximum Gasteiger partial charge on any atom is 0.493 e. The van der Waals surface area contributed by atoms with Gasteiger partial charge < -0.3 is 9.31 Å². The molecule has 2 nitrogen and oxygen atoms in total. The van der Waals surface area contributed by atoms with Crippen LogP contribution in [-0.4, -0.2) is 21.3 Å². The van der Waals surface area contributed by atoms with E-state index in [1.807, 2.05) is 0 Å². The molecule has 0 bridgehead atoms. The number of hydrogen-bond donors (Lipinski definition) is 0. The Morgan fingerprint density at radius 1 is 0.850 bits per heavy atom. The highest BCUT2D eigenvalue weighted by Crippen LogP contribution is 2.47. The van der Waals surface area contributed by atoms with Crippen LogP contribution in [0.1, 0.15) is 25.0 Å². The molecule has 0 atom stereocenters. The van der Waals surface area contributed by atoms with Crippen molar-refractivity contribution in [3.05, 3.63) is 53.6 Å².